The summed E-state index contributed by atoms with van der Waals surface area (Å²) in [4.78, 5) is 5.06. The lowest BCUT2D eigenvalue weighted by atomic mass is 10.1. The predicted molar refractivity (Wildman–Crippen MR) is 101 cm³/mol. The highest BCUT2D eigenvalue weighted by molar-refractivity contribution is 6.35. The Kier molecular flexibility index (Phi) is 5.00. The molecule has 1 saturated carbocycles. The summed E-state index contributed by atoms with van der Waals surface area (Å²) in [5.74, 6) is 0.895. The van der Waals surface area contributed by atoms with Gasteiger partial charge in [0.05, 0.1) is 16.2 Å². The van der Waals surface area contributed by atoms with Crippen LogP contribution < -0.4 is 0 Å². The highest BCUT2D eigenvalue weighted by atomic mass is 35.5. The van der Waals surface area contributed by atoms with Crippen LogP contribution in [0.5, 0.6) is 0 Å². The van der Waals surface area contributed by atoms with Gasteiger partial charge in [0.1, 0.15) is 0 Å². The number of piperazine rings is 1. The van der Waals surface area contributed by atoms with E-state index in [-0.39, 0.29) is 6.61 Å². The molecule has 0 bridgehead atoms. The third-order valence-corrected chi connectivity index (χ3v) is 5.93. The molecule has 0 spiro atoms. The van der Waals surface area contributed by atoms with E-state index in [0.717, 1.165) is 60.1 Å². The molecule has 5 nitrogen and oxygen atoms in total. The van der Waals surface area contributed by atoms with Gasteiger partial charge in [0.2, 0.25) is 0 Å². The van der Waals surface area contributed by atoms with E-state index in [0.29, 0.717) is 6.04 Å². The van der Waals surface area contributed by atoms with Crippen molar-refractivity contribution in [2.75, 3.05) is 32.8 Å². The number of hydrogen-bond acceptors (Lipinski definition) is 4. The van der Waals surface area contributed by atoms with Gasteiger partial charge in [0, 0.05) is 57.8 Å². The van der Waals surface area contributed by atoms with E-state index in [1.165, 1.54) is 19.4 Å². The number of benzene rings is 1. The van der Waals surface area contributed by atoms with E-state index >= 15 is 0 Å². The van der Waals surface area contributed by atoms with Crippen LogP contribution in [0.4, 0.5) is 0 Å². The number of fused-ring (bicyclic) bond motifs is 1. The Morgan fingerprint density at radius 1 is 1.28 bits per heavy atom. The number of nitrogens with zero attached hydrogens (tertiary/aromatic N) is 4. The number of halogens is 1. The lowest BCUT2D eigenvalue weighted by Gasteiger charge is -2.41. The summed E-state index contributed by atoms with van der Waals surface area (Å²) in [5.41, 5.74) is 2.14. The number of rotatable bonds is 6. The molecule has 25 heavy (non-hydrogen) atoms. The van der Waals surface area contributed by atoms with Gasteiger partial charge in [-0.15, -0.1) is 0 Å². The lowest BCUT2D eigenvalue weighted by Crippen LogP contribution is -2.53. The molecular formula is C19H27ClN4O. The molecule has 1 aliphatic heterocycles. The van der Waals surface area contributed by atoms with Crippen LogP contribution in [0.1, 0.15) is 25.0 Å². The first-order valence-corrected chi connectivity index (χ1v) is 9.71. The van der Waals surface area contributed by atoms with E-state index in [1.807, 2.05) is 23.9 Å². The van der Waals surface area contributed by atoms with Gasteiger partial charge in [-0.2, -0.15) is 5.10 Å². The molecule has 1 aromatic carbocycles. The van der Waals surface area contributed by atoms with Crippen molar-refractivity contribution in [3.63, 3.8) is 0 Å². The van der Waals surface area contributed by atoms with Crippen molar-refractivity contribution < 1.29 is 5.11 Å². The Morgan fingerprint density at radius 2 is 2.12 bits per heavy atom. The average Bonchev–Trinajstić information content (AvgIpc) is 3.35. The van der Waals surface area contributed by atoms with E-state index < -0.39 is 0 Å². The Labute approximate surface area is 154 Å². The van der Waals surface area contributed by atoms with Crippen molar-refractivity contribution in [3.05, 3.63) is 28.9 Å². The van der Waals surface area contributed by atoms with E-state index in [1.54, 1.807) is 0 Å². The zero-order chi connectivity index (χ0) is 17.4. The summed E-state index contributed by atoms with van der Waals surface area (Å²) in [7, 11) is 1.98. The van der Waals surface area contributed by atoms with Crippen molar-refractivity contribution >= 4 is 22.5 Å². The van der Waals surface area contributed by atoms with Gasteiger partial charge >= 0.3 is 0 Å². The SMILES string of the molecule is Cn1nc(CN2CCN(CC3CC3)[C@@H](CCO)C2)c2c(Cl)cccc21. The van der Waals surface area contributed by atoms with Crippen LogP contribution >= 0.6 is 11.6 Å². The van der Waals surface area contributed by atoms with E-state index in [2.05, 4.69) is 15.9 Å². The molecule has 1 N–H and O–H groups in total. The smallest absolute Gasteiger partial charge is 0.0858 e. The van der Waals surface area contributed by atoms with Gasteiger partial charge in [-0.1, -0.05) is 17.7 Å². The van der Waals surface area contributed by atoms with Gasteiger partial charge < -0.3 is 5.11 Å². The van der Waals surface area contributed by atoms with Gasteiger partial charge in [-0.3, -0.25) is 14.5 Å². The highest BCUT2D eigenvalue weighted by Crippen LogP contribution is 2.32. The quantitative estimate of drug-likeness (QED) is 0.857. The normalized spacial score (nSPS) is 22.8. The van der Waals surface area contributed by atoms with Crippen molar-refractivity contribution in [3.8, 4) is 0 Å². The number of aliphatic hydroxyl groups excluding tert-OH is 1. The van der Waals surface area contributed by atoms with Crippen LogP contribution in [0.3, 0.4) is 0 Å². The van der Waals surface area contributed by atoms with Gasteiger partial charge in [-0.05, 0) is 37.3 Å². The molecule has 2 aromatic rings. The van der Waals surface area contributed by atoms with Gasteiger partial charge in [-0.25, -0.2) is 0 Å². The molecule has 1 aromatic heterocycles. The van der Waals surface area contributed by atoms with Crippen LogP contribution in [0.15, 0.2) is 18.2 Å². The zero-order valence-electron chi connectivity index (χ0n) is 14.9. The Balaban J connectivity index is 1.49. The molecule has 0 unspecified atom stereocenters. The highest BCUT2D eigenvalue weighted by Gasteiger charge is 2.32. The zero-order valence-corrected chi connectivity index (χ0v) is 15.6. The minimum atomic E-state index is 0.262. The molecule has 1 aliphatic carbocycles. The summed E-state index contributed by atoms with van der Waals surface area (Å²) in [5, 5.41) is 16.0. The van der Waals surface area contributed by atoms with E-state index in [4.69, 9.17) is 16.7 Å². The second-order valence-electron chi connectivity index (χ2n) is 7.54. The van der Waals surface area contributed by atoms with Crippen molar-refractivity contribution in [2.45, 2.75) is 31.8 Å². The maximum absolute atomic E-state index is 9.46. The van der Waals surface area contributed by atoms with Crippen molar-refractivity contribution in [1.29, 1.82) is 0 Å². The molecular weight excluding hydrogens is 336 g/mol. The van der Waals surface area contributed by atoms with Crippen LogP contribution in [-0.2, 0) is 13.6 Å². The van der Waals surface area contributed by atoms with Crippen molar-refractivity contribution in [2.24, 2.45) is 13.0 Å². The molecule has 2 fully saturated rings. The second kappa shape index (κ2) is 7.23. The average molecular weight is 363 g/mol. The molecule has 4 rings (SSSR count). The van der Waals surface area contributed by atoms with Crippen molar-refractivity contribution in [1.82, 2.24) is 19.6 Å². The van der Waals surface area contributed by atoms with Crippen LogP contribution in [-0.4, -0.2) is 63.5 Å². The maximum atomic E-state index is 9.46. The molecule has 0 radical (unpaired) electrons. The maximum Gasteiger partial charge on any atom is 0.0858 e. The fraction of sp³-hybridized carbons (Fsp3) is 0.632. The first kappa shape index (κ1) is 17.3. The minimum absolute atomic E-state index is 0.262. The standard InChI is InChI=1S/C19H27ClN4O/c1-22-18-4-2-3-16(20)19(18)17(21-22)13-23-8-9-24(11-14-5-6-14)15(12-23)7-10-25/h2-4,14-15,25H,5-13H2,1H3/t15-/m0/s1. The van der Waals surface area contributed by atoms with Crippen LogP contribution in [0.2, 0.25) is 5.02 Å². The summed E-state index contributed by atoms with van der Waals surface area (Å²) in [6.07, 6.45) is 3.61. The molecule has 136 valence electrons. The summed E-state index contributed by atoms with van der Waals surface area (Å²) >= 11 is 6.45. The third kappa shape index (κ3) is 3.70. The Morgan fingerprint density at radius 3 is 2.88 bits per heavy atom. The molecule has 1 saturated heterocycles. The topological polar surface area (TPSA) is 44.5 Å². The monoisotopic (exact) mass is 362 g/mol. The second-order valence-corrected chi connectivity index (χ2v) is 7.95. The number of aryl methyl sites for hydroxylation is 1. The summed E-state index contributed by atoms with van der Waals surface area (Å²) < 4.78 is 1.92. The number of aliphatic hydroxyl groups is 1. The number of hydrogen-bond donors (Lipinski definition) is 1. The van der Waals surface area contributed by atoms with Gasteiger partial charge in [0.15, 0.2) is 0 Å². The predicted octanol–water partition coefficient (Wildman–Crippen LogP) is 2.51. The third-order valence-electron chi connectivity index (χ3n) is 5.61. The Bertz CT molecular complexity index is 742. The molecule has 1 atom stereocenters. The van der Waals surface area contributed by atoms with E-state index in [9.17, 15) is 5.11 Å². The first-order valence-electron chi connectivity index (χ1n) is 9.33. The largest absolute Gasteiger partial charge is 0.396 e. The summed E-state index contributed by atoms with van der Waals surface area (Å²) in [6.45, 7) is 5.42. The Hall–Kier alpha value is -1.14. The molecule has 6 heteroatoms. The molecule has 0 amide bonds. The summed E-state index contributed by atoms with van der Waals surface area (Å²) in [6, 6.07) is 6.44. The first-order chi connectivity index (χ1) is 12.2. The van der Waals surface area contributed by atoms with Crippen LogP contribution in [0.25, 0.3) is 10.9 Å². The fourth-order valence-electron chi connectivity index (χ4n) is 4.07. The number of aromatic nitrogens is 2. The lowest BCUT2D eigenvalue weighted by molar-refractivity contribution is 0.0517. The minimum Gasteiger partial charge on any atom is -0.396 e. The van der Waals surface area contributed by atoms with Gasteiger partial charge in [0.25, 0.3) is 0 Å². The molecule has 2 aliphatic rings. The fourth-order valence-corrected chi connectivity index (χ4v) is 4.35. The molecule has 2 heterocycles. The van der Waals surface area contributed by atoms with Crippen LogP contribution in [0, 0.1) is 5.92 Å².